The Balaban J connectivity index is 2.33. The number of carbonyl (C=O) groups is 9. The molecule has 14 N–H and O–H groups in total. The van der Waals surface area contributed by atoms with E-state index in [9.17, 15) is 48.3 Å². The quantitative estimate of drug-likeness (QED) is 0.0224. The van der Waals surface area contributed by atoms with Crippen molar-refractivity contribution in [2.45, 2.75) is 162 Å². The van der Waals surface area contributed by atoms with Gasteiger partial charge in [-0.3, -0.25) is 48.1 Å². The standard InChI is InChI=1S/C44H76N14O10/c1-9-15-29(37(62)55-34(24(5)10-2)40(65)54-30(16-13-18-49-44(45)46)43(68)58-19-14-17-32(58)39(64)48-12-4)53-42(67)36(26(7)59)57-41(66)35(25(6)11-3)56-38(63)31(20-28-21-47-23-51-28)52-33(61)22-50-27(8)60/h21,23-26,29-32,34-36,59H,9-20,22H2,1-8H3,(H,47,51)(H,48,64)(H,50,60)(H,52,61)(H,53,67)(H,54,65)(H,55,62)(H,56,63)(H,57,66)(H4,45,46,49)/t24-,25-,26+,29-,30-,31-,32-,34-,35+,36-/m0/s1. The van der Waals surface area contributed by atoms with Crippen LogP contribution in [0.3, 0.4) is 0 Å². The molecule has 1 aliphatic rings. The first-order valence-electron chi connectivity index (χ1n) is 23.5. The van der Waals surface area contributed by atoms with Crippen LogP contribution < -0.4 is 54.0 Å². The number of aliphatic imine (C=N–C) groups is 1. The van der Waals surface area contributed by atoms with Crippen LogP contribution in [-0.2, 0) is 49.6 Å². The molecule has 10 atom stereocenters. The fourth-order valence-electron chi connectivity index (χ4n) is 7.47. The van der Waals surface area contributed by atoms with Gasteiger partial charge in [-0.1, -0.05) is 53.9 Å². The fraction of sp³-hybridized carbons (Fsp3) is 0.705. The van der Waals surface area contributed by atoms with Crippen LogP contribution >= 0.6 is 0 Å². The molecule has 1 aromatic heterocycles. The number of aliphatic hydroxyl groups excluding tert-OH is 1. The molecule has 382 valence electrons. The fourth-order valence-corrected chi connectivity index (χ4v) is 7.47. The van der Waals surface area contributed by atoms with Gasteiger partial charge < -0.3 is 69.0 Å². The van der Waals surface area contributed by atoms with E-state index in [0.29, 0.717) is 57.3 Å². The van der Waals surface area contributed by atoms with Crippen LogP contribution in [-0.4, -0.2) is 154 Å². The van der Waals surface area contributed by atoms with Crippen molar-refractivity contribution in [1.82, 2.24) is 57.4 Å². The number of aliphatic hydroxyl groups is 1. The van der Waals surface area contributed by atoms with Crippen molar-refractivity contribution >= 4 is 59.1 Å². The van der Waals surface area contributed by atoms with E-state index in [2.05, 4.69) is 57.5 Å². The molecule has 0 saturated carbocycles. The number of H-pyrrole nitrogens is 1. The number of nitrogens with one attached hydrogen (secondary N) is 9. The highest BCUT2D eigenvalue weighted by molar-refractivity contribution is 5.98. The first-order chi connectivity index (χ1) is 32.2. The summed E-state index contributed by atoms with van der Waals surface area (Å²) in [6, 6.07) is -8.37. The predicted octanol–water partition coefficient (Wildman–Crippen LogP) is -2.55. The molecule has 0 unspecified atom stereocenters. The smallest absolute Gasteiger partial charge is 0.245 e. The van der Waals surface area contributed by atoms with Crippen molar-refractivity contribution in [1.29, 1.82) is 0 Å². The minimum Gasteiger partial charge on any atom is -0.391 e. The third-order valence-corrected chi connectivity index (χ3v) is 11.7. The number of amides is 9. The van der Waals surface area contributed by atoms with Crippen molar-refractivity contribution in [3.8, 4) is 0 Å². The molecule has 1 aliphatic heterocycles. The van der Waals surface area contributed by atoms with Gasteiger partial charge in [0.05, 0.1) is 19.0 Å². The van der Waals surface area contributed by atoms with E-state index in [1.54, 1.807) is 34.6 Å². The third kappa shape index (κ3) is 18.7. The van der Waals surface area contributed by atoms with Gasteiger partial charge in [-0.05, 0) is 57.8 Å². The molecule has 1 aromatic rings. The first kappa shape index (κ1) is 57.8. The Morgan fingerprint density at radius 3 is 1.88 bits per heavy atom. The molecule has 1 saturated heterocycles. The van der Waals surface area contributed by atoms with Gasteiger partial charge >= 0.3 is 0 Å². The molecule has 0 aromatic carbocycles. The lowest BCUT2D eigenvalue weighted by Crippen LogP contribution is -2.63. The zero-order valence-electron chi connectivity index (χ0n) is 40.7. The number of imidazole rings is 1. The summed E-state index contributed by atoms with van der Waals surface area (Å²) < 4.78 is 0. The van der Waals surface area contributed by atoms with Crippen LogP contribution in [0.15, 0.2) is 17.5 Å². The van der Waals surface area contributed by atoms with E-state index in [1.807, 2.05) is 6.92 Å². The Bertz CT molecular complexity index is 1880. The van der Waals surface area contributed by atoms with E-state index in [4.69, 9.17) is 11.5 Å². The second-order valence-electron chi connectivity index (χ2n) is 17.2. The normalized spacial score (nSPS) is 17.2. The van der Waals surface area contributed by atoms with Crippen LogP contribution in [0.25, 0.3) is 0 Å². The SMILES string of the molecule is CCC[C@H](NC(=O)[C@@H](NC(=O)[C@H](NC(=O)[C@H](Cc1cnc[nH]1)NC(=O)CNC(C)=O)[C@@H](C)CC)[C@@H](C)O)C(=O)N[C@H](C(=O)N[C@@H](CCCN=C(N)N)C(=O)N1CCC[C@H]1C(=O)NCC)[C@@H](C)CC. The number of hydrogen-bond acceptors (Lipinski definition) is 12. The van der Waals surface area contributed by atoms with E-state index in [0.717, 1.165) is 0 Å². The maximum absolute atomic E-state index is 14.2. The van der Waals surface area contributed by atoms with Gasteiger partial charge in [0.2, 0.25) is 53.2 Å². The Morgan fingerprint density at radius 2 is 1.35 bits per heavy atom. The predicted molar refractivity (Wildman–Crippen MR) is 251 cm³/mol. The monoisotopic (exact) mass is 961 g/mol. The number of guanidine groups is 1. The maximum atomic E-state index is 14.2. The first-order valence-corrected chi connectivity index (χ1v) is 23.5. The number of nitrogens with two attached hydrogens (primary N) is 2. The van der Waals surface area contributed by atoms with Gasteiger partial charge in [-0.2, -0.15) is 0 Å². The molecular weight excluding hydrogens is 885 g/mol. The number of rotatable bonds is 29. The zero-order valence-corrected chi connectivity index (χ0v) is 40.7. The summed E-state index contributed by atoms with van der Waals surface area (Å²) in [5.41, 5.74) is 11.5. The molecule has 1 fully saturated rings. The molecule has 0 radical (unpaired) electrons. The van der Waals surface area contributed by atoms with Gasteiger partial charge in [0.1, 0.15) is 42.3 Å². The van der Waals surface area contributed by atoms with Crippen molar-refractivity contribution in [3.05, 3.63) is 18.2 Å². The summed E-state index contributed by atoms with van der Waals surface area (Å²) in [7, 11) is 0. The molecule has 0 spiro atoms. The summed E-state index contributed by atoms with van der Waals surface area (Å²) in [6.45, 7) is 13.5. The lowest BCUT2D eigenvalue weighted by Gasteiger charge is -2.32. The number of carbonyl (C=O) groups excluding carboxylic acids is 9. The molecule has 9 amide bonds. The number of likely N-dealkylation sites (N-methyl/N-ethyl adjacent to an activating group) is 1. The Hall–Kier alpha value is -6.33. The minimum absolute atomic E-state index is 0.0523. The maximum Gasteiger partial charge on any atom is 0.245 e. The second-order valence-corrected chi connectivity index (χ2v) is 17.2. The van der Waals surface area contributed by atoms with Gasteiger partial charge in [-0.25, -0.2) is 4.98 Å². The number of aromatic amines is 1. The summed E-state index contributed by atoms with van der Waals surface area (Å²) in [5, 5.41) is 31.9. The molecule has 2 heterocycles. The highest BCUT2D eigenvalue weighted by Crippen LogP contribution is 2.21. The molecule has 24 nitrogen and oxygen atoms in total. The minimum atomic E-state index is -1.62. The van der Waals surface area contributed by atoms with E-state index >= 15 is 0 Å². The van der Waals surface area contributed by atoms with E-state index in [1.165, 1.54) is 31.3 Å². The largest absolute Gasteiger partial charge is 0.391 e. The Labute approximate surface area is 398 Å². The number of hydrogen-bond donors (Lipinski definition) is 12. The van der Waals surface area contributed by atoms with Crippen LogP contribution in [0.4, 0.5) is 0 Å². The average molecular weight is 961 g/mol. The molecular formula is C44H76N14O10. The number of nitrogens with zero attached hydrogens (tertiary/aromatic N) is 3. The third-order valence-electron chi connectivity index (χ3n) is 11.7. The summed E-state index contributed by atoms with van der Waals surface area (Å²) in [4.78, 5) is 133. The van der Waals surface area contributed by atoms with E-state index in [-0.39, 0.29) is 37.7 Å². The molecule has 0 aliphatic carbocycles. The van der Waals surface area contributed by atoms with Gasteiger partial charge in [0, 0.05) is 44.9 Å². The lowest BCUT2D eigenvalue weighted by molar-refractivity contribution is -0.142. The molecule has 0 bridgehead atoms. The highest BCUT2D eigenvalue weighted by Gasteiger charge is 2.40. The van der Waals surface area contributed by atoms with Crippen molar-refractivity contribution in [2.24, 2.45) is 28.3 Å². The second kappa shape index (κ2) is 29.4. The number of aromatic nitrogens is 2. The van der Waals surface area contributed by atoms with Gasteiger partial charge in [0.25, 0.3) is 0 Å². The summed E-state index contributed by atoms with van der Waals surface area (Å²) in [6.07, 6.45) is 4.04. The highest BCUT2D eigenvalue weighted by atomic mass is 16.3. The molecule has 24 heteroatoms. The van der Waals surface area contributed by atoms with E-state index < -0.39 is 114 Å². The van der Waals surface area contributed by atoms with Crippen molar-refractivity contribution in [3.63, 3.8) is 0 Å². The average Bonchev–Trinajstić information content (AvgIpc) is 4.01. The summed E-state index contributed by atoms with van der Waals surface area (Å²) >= 11 is 0. The summed E-state index contributed by atoms with van der Waals surface area (Å²) in [5.74, 6) is -6.96. The Kier molecular flexibility index (Phi) is 25.0. The lowest BCUT2D eigenvalue weighted by atomic mass is 9.96. The van der Waals surface area contributed by atoms with Crippen molar-refractivity contribution in [2.75, 3.05) is 26.2 Å². The Morgan fingerprint density at radius 1 is 0.779 bits per heavy atom. The van der Waals surface area contributed by atoms with Crippen LogP contribution in [0, 0.1) is 11.8 Å². The molecule has 68 heavy (non-hydrogen) atoms. The number of likely N-dealkylation sites (tertiary alicyclic amines) is 1. The van der Waals surface area contributed by atoms with Crippen LogP contribution in [0.5, 0.6) is 0 Å². The zero-order chi connectivity index (χ0) is 51.1. The van der Waals surface area contributed by atoms with Gasteiger partial charge in [0.15, 0.2) is 5.96 Å². The van der Waals surface area contributed by atoms with Crippen molar-refractivity contribution < 1.29 is 48.3 Å². The molecule has 2 rings (SSSR count). The topological polar surface area (TPSA) is 366 Å². The van der Waals surface area contributed by atoms with Crippen LogP contribution in [0.2, 0.25) is 0 Å². The van der Waals surface area contributed by atoms with Gasteiger partial charge in [-0.15, -0.1) is 0 Å². The van der Waals surface area contributed by atoms with Crippen LogP contribution in [0.1, 0.15) is 112 Å².